The molecule has 4 aliphatic carbocycles. The first-order valence-electron chi connectivity index (χ1n) is 14.4. The summed E-state index contributed by atoms with van der Waals surface area (Å²) in [5, 5.41) is 0. The second-order valence-corrected chi connectivity index (χ2v) is 13.8. The molecule has 2 aliphatic heterocycles. The first-order chi connectivity index (χ1) is 18.5. The molecule has 0 spiro atoms. The summed E-state index contributed by atoms with van der Waals surface area (Å²) in [7, 11) is 0. The van der Waals surface area contributed by atoms with Crippen LogP contribution < -0.4 is 0 Å². The topological polar surface area (TPSA) is 105 Å². The van der Waals surface area contributed by atoms with Gasteiger partial charge in [0.25, 0.3) is 0 Å². The lowest BCUT2D eigenvalue weighted by Crippen LogP contribution is -2.49. The average Bonchev–Trinajstić information content (AvgIpc) is 3.68. The molecule has 6 rings (SSSR count). The molecule has 10 atom stereocenters. The summed E-state index contributed by atoms with van der Waals surface area (Å²) in [6.45, 7) is 11.1. The van der Waals surface area contributed by atoms with Gasteiger partial charge in [0.05, 0.1) is 16.7 Å². The molecule has 10 unspecified atom stereocenters. The minimum Gasteiger partial charge on any atom is -0.458 e. The number of carbonyl (C=O) groups is 4. The van der Waals surface area contributed by atoms with Gasteiger partial charge in [0.15, 0.2) is 5.41 Å². The van der Waals surface area contributed by atoms with Crippen LogP contribution in [0.1, 0.15) is 80.1 Å². The van der Waals surface area contributed by atoms with Gasteiger partial charge in [0.2, 0.25) is 0 Å². The lowest BCUT2D eigenvalue weighted by Gasteiger charge is -2.34. The van der Waals surface area contributed by atoms with Crippen molar-refractivity contribution in [2.45, 2.75) is 111 Å². The fraction of sp³-hybridized carbons (Fsp3) is 0.862. The van der Waals surface area contributed by atoms with Crippen LogP contribution >= 0.6 is 0 Å². The van der Waals surface area contributed by atoms with Crippen molar-refractivity contribution in [2.75, 3.05) is 0 Å². The monoisotopic (exact) mass is 572 g/mol. The normalized spacial score (nSPS) is 40.5. The van der Waals surface area contributed by atoms with Crippen LogP contribution in [0.15, 0.2) is 0 Å². The van der Waals surface area contributed by atoms with E-state index in [0.717, 1.165) is 19.3 Å². The van der Waals surface area contributed by atoms with Gasteiger partial charge in [-0.15, -0.1) is 0 Å². The van der Waals surface area contributed by atoms with E-state index in [2.05, 4.69) is 0 Å². The number of rotatable bonds is 6. The van der Waals surface area contributed by atoms with E-state index in [1.807, 2.05) is 27.7 Å². The van der Waals surface area contributed by atoms with Crippen LogP contribution in [-0.4, -0.2) is 54.5 Å². The standard InChI is InChI=1S/C15H19F3O4.C14H20O4/c1-4-13(2,3)11(19)21-9-7-5-8-10(9)22-12(20)14(8,6-7)15(16,17)18;1-4-14(2,3)13(16)18-10-7-5-8-9(6-7)12(15)17-11(8)10/h7-10H,4-6H2,1-3H3;7-11H,4-6H2,1-3H3. The van der Waals surface area contributed by atoms with Crippen molar-refractivity contribution in [1.82, 2.24) is 0 Å². The summed E-state index contributed by atoms with van der Waals surface area (Å²) >= 11 is 0. The zero-order chi connectivity index (χ0) is 29.6. The van der Waals surface area contributed by atoms with Crippen molar-refractivity contribution in [2.24, 2.45) is 45.8 Å². The van der Waals surface area contributed by atoms with Crippen LogP contribution in [0.3, 0.4) is 0 Å². The number of carbonyl (C=O) groups excluding carboxylic acids is 4. The molecule has 0 aromatic rings. The van der Waals surface area contributed by atoms with Gasteiger partial charge >= 0.3 is 30.1 Å². The lowest BCUT2D eigenvalue weighted by atomic mass is 9.73. The number of ether oxygens (including phenoxy) is 4. The highest BCUT2D eigenvalue weighted by molar-refractivity contribution is 5.83. The summed E-state index contributed by atoms with van der Waals surface area (Å²) < 4.78 is 61.6. The predicted octanol–water partition coefficient (Wildman–Crippen LogP) is 4.76. The fourth-order valence-corrected chi connectivity index (χ4v) is 7.47. The maximum absolute atomic E-state index is 13.4. The van der Waals surface area contributed by atoms with Gasteiger partial charge in [0.1, 0.15) is 24.4 Å². The molecule has 6 fully saturated rings. The second kappa shape index (κ2) is 9.34. The SMILES string of the molecule is CCC(C)(C)C(=O)OC1C2CC3C(=O)OC1C3C2.CCC(C)(C)C(=O)OC1C2CC3C1OC(=O)C3(C(F)(F)F)C2. The van der Waals surface area contributed by atoms with E-state index in [-0.39, 0.29) is 42.9 Å². The fourth-order valence-electron chi connectivity index (χ4n) is 7.47. The minimum atomic E-state index is -4.62. The molecule has 0 radical (unpaired) electrons. The van der Waals surface area contributed by atoms with Gasteiger partial charge in [-0.05, 0) is 66.2 Å². The number of fused-ring (bicyclic) bond motifs is 2. The van der Waals surface area contributed by atoms with Gasteiger partial charge in [-0.1, -0.05) is 13.8 Å². The zero-order valence-corrected chi connectivity index (χ0v) is 23.8. The van der Waals surface area contributed by atoms with Crippen LogP contribution in [-0.2, 0) is 38.1 Å². The Morgan fingerprint density at radius 3 is 1.93 bits per heavy atom. The van der Waals surface area contributed by atoms with E-state index in [4.69, 9.17) is 18.9 Å². The highest BCUT2D eigenvalue weighted by atomic mass is 19.4. The smallest absolute Gasteiger partial charge is 0.405 e. The van der Waals surface area contributed by atoms with Gasteiger partial charge in [-0.25, -0.2) is 0 Å². The number of hydrogen-bond acceptors (Lipinski definition) is 8. The maximum Gasteiger partial charge on any atom is 0.405 e. The lowest BCUT2D eigenvalue weighted by molar-refractivity contribution is -0.231. The Kier molecular flexibility index (Phi) is 6.81. The summed E-state index contributed by atoms with van der Waals surface area (Å²) in [6.07, 6.45) is -3.67. The maximum atomic E-state index is 13.4. The summed E-state index contributed by atoms with van der Waals surface area (Å²) in [4.78, 5) is 47.8. The van der Waals surface area contributed by atoms with E-state index in [9.17, 15) is 32.3 Å². The van der Waals surface area contributed by atoms with Crippen LogP contribution in [0.5, 0.6) is 0 Å². The zero-order valence-electron chi connectivity index (χ0n) is 23.8. The summed E-state index contributed by atoms with van der Waals surface area (Å²) in [5.41, 5.74) is -3.54. The second-order valence-electron chi connectivity index (χ2n) is 13.8. The van der Waals surface area contributed by atoms with Crippen molar-refractivity contribution in [3.05, 3.63) is 0 Å². The quantitative estimate of drug-likeness (QED) is 0.331. The number of hydrogen-bond donors (Lipinski definition) is 0. The van der Waals surface area contributed by atoms with Crippen LogP contribution in [0.2, 0.25) is 0 Å². The highest BCUT2D eigenvalue weighted by Crippen LogP contribution is 2.68. The van der Waals surface area contributed by atoms with Crippen LogP contribution in [0.25, 0.3) is 0 Å². The third-order valence-electron chi connectivity index (χ3n) is 10.8. The number of alkyl halides is 3. The molecule has 6 aliphatic rings. The molecule has 0 aromatic heterocycles. The number of halogens is 3. The third kappa shape index (κ3) is 4.15. The van der Waals surface area contributed by atoms with E-state index in [0.29, 0.717) is 18.3 Å². The van der Waals surface area contributed by atoms with Gasteiger partial charge in [-0.3, -0.25) is 19.2 Å². The van der Waals surface area contributed by atoms with Crippen molar-refractivity contribution in [1.29, 1.82) is 0 Å². The van der Waals surface area contributed by atoms with Gasteiger partial charge in [-0.2, -0.15) is 13.2 Å². The van der Waals surface area contributed by atoms with E-state index >= 15 is 0 Å². The molecule has 2 heterocycles. The van der Waals surface area contributed by atoms with E-state index < -0.39 is 58.4 Å². The minimum absolute atomic E-state index is 0.0779. The van der Waals surface area contributed by atoms with Crippen molar-refractivity contribution >= 4 is 23.9 Å². The summed E-state index contributed by atoms with van der Waals surface area (Å²) in [6, 6.07) is 0. The van der Waals surface area contributed by atoms with Gasteiger partial charge in [0, 0.05) is 23.7 Å². The van der Waals surface area contributed by atoms with E-state index in [1.165, 1.54) is 0 Å². The molecular formula is C29H39F3O8. The van der Waals surface area contributed by atoms with Gasteiger partial charge < -0.3 is 18.9 Å². The molecule has 0 N–H and O–H groups in total. The third-order valence-corrected chi connectivity index (χ3v) is 10.8. The largest absolute Gasteiger partial charge is 0.458 e. The Morgan fingerprint density at radius 2 is 1.40 bits per heavy atom. The Balaban J connectivity index is 0.000000164. The molecule has 8 nitrogen and oxygen atoms in total. The molecule has 4 saturated carbocycles. The van der Waals surface area contributed by atoms with Crippen LogP contribution in [0, 0.1) is 45.8 Å². The molecule has 224 valence electrons. The van der Waals surface area contributed by atoms with Crippen molar-refractivity contribution in [3.63, 3.8) is 0 Å². The molecule has 4 bridgehead atoms. The van der Waals surface area contributed by atoms with E-state index in [1.54, 1.807) is 13.8 Å². The summed E-state index contributed by atoms with van der Waals surface area (Å²) in [5.74, 6) is -2.58. The highest BCUT2D eigenvalue weighted by Gasteiger charge is 2.80. The molecule has 0 aromatic carbocycles. The molecule has 2 saturated heterocycles. The number of esters is 4. The van der Waals surface area contributed by atoms with Crippen molar-refractivity contribution < 1.29 is 51.3 Å². The molecule has 0 amide bonds. The Labute approximate surface area is 232 Å². The Bertz CT molecular complexity index is 1100. The van der Waals surface area contributed by atoms with Crippen LogP contribution in [0.4, 0.5) is 13.2 Å². The molecule has 40 heavy (non-hydrogen) atoms. The first kappa shape index (κ1) is 29.2. The Hall–Kier alpha value is -2.33. The Morgan fingerprint density at radius 1 is 0.850 bits per heavy atom. The molecule has 11 heteroatoms. The molecular weight excluding hydrogens is 533 g/mol. The first-order valence-corrected chi connectivity index (χ1v) is 14.4. The average molecular weight is 573 g/mol. The van der Waals surface area contributed by atoms with Crippen molar-refractivity contribution in [3.8, 4) is 0 Å². The predicted molar refractivity (Wildman–Crippen MR) is 132 cm³/mol.